The predicted molar refractivity (Wildman–Crippen MR) is 80.5 cm³/mol. The number of benzene rings is 1. The van der Waals surface area contributed by atoms with Crippen molar-refractivity contribution in [3.05, 3.63) is 29.3 Å². The van der Waals surface area contributed by atoms with Crippen LogP contribution in [-0.2, 0) is 9.59 Å². The van der Waals surface area contributed by atoms with Gasteiger partial charge in [-0.2, -0.15) is 0 Å². The smallest absolute Gasteiger partial charge is 0.326 e. The fraction of sp³-hybridized carbons (Fsp3) is 0.500. The van der Waals surface area contributed by atoms with E-state index in [4.69, 9.17) is 9.84 Å². The van der Waals surface area contributed by atoms with Crippen molar-refractivity contribution >= 4 is 11.9 Å². The normalized spacial score (nSPS) is 11.8. The van der Waals surface area contributed by atoms with Crippen molar-refractivity contribution in [2.75, 3.05) is 6.61 Å². The average molecular weight is 293 g/mol. The Bertz CT molecular complexity index is 499. The highest BCUT2D eigenvalue weighted by molar-refractivity contribution is 5.83. The van der Waals surface area contributed by atoms with Crippen molar-refractivity contribution in [1.29, 1.82) is 0 Å². The molecule has 1 aromatic rings. The van der Waals surface area contributed by atoms with Crippen LogP contribution in [0, 0.1) is 13.8 Å². The van der Waals surface area contributed by atoms with Crippen molar-refractivity contribution in [1.82, 2.24) is 5.32 Å². The number of carbonyl (C=O) groups is 2. The first-order valence-corrected chi connectivity index (χ1v) is 7.16. The Hall–Kier alpha value is -2.04. The molecule has 0 spiro atoms. The summed E-state index contributed by atoms with van der Waals surface area (Å²) in [4.78, 5) is 22.7. The van der Waals surface area contributed by atoms with E-state index in [0.717, 1.165) is 16.9 Å². The number of nitrogens with one attached hydrogen (secondary N) is 1. The molecule has 2 N–H and O–H groups in total. The first-order chi connectivity index (χ1) is 9.93. The van der Waals surface area contributed by atoms with Gasteiger partial charge in [0.05, 0.1) is 13.0 Å². The van der Waals surface area contributed by atoms with Crippen LogP contribution in [0.4, 0.5) is 0 Å². The minimum Gasteiger partial charge on any atom is -0.493 e. The summed E-state index contributed by atoms with van der Waals surface area (Å²) in [7, 11) is 0. The van der Waals surface area contributed by atoms with E-state index >= 15 is 0 Å². The Morgan fingerprint density at radius 2 is 2.05 bits per heavy atom. The van der Waals surface area contributed by atoms with Crippen molar-refractivity contribution in [3.8, 4) is 5.75 Å². The van der Waals surface area contributed by atoms with Crippen molar-refractivity contribution in [2.45, 2.75) is 46.1 Å². The van der Waals surface area contributed by atoms with E-state index in [2.05, 4.69) is 5.32 Å². The zero-order chi connectivity index (χ0) is 15.8. The molecule has 5 nitrogen and oxygen atoms in total. The van der Waals surface area contributed by atoms with E-state index in [1.165, 1.54) is 0 Å². The molecule has 0 bridgehead atoms. The number of aliphatic carboxylic acids is 1. The van der Waals surface area contributed by atoms with E-state index in [1.54, 1.807) is 0 Å². The van der Waals surface area contributed by atoms with E-state index in [-0.39, 0.29) is 18.9 Å². The van der Waals surface area contributed by atoms with Gasteiger partial charge in [-0.25, -0.2) is 4.79 Å². The zero-order valence-corrected chi connectivity index (χ0v) is 12.8. The second kappa shape index (κ2) is 8.29. The number of ether oxygens (including phenoxy) is 1. The van der Waals surface area contributed by atoms with Gasteiger partial charge in [-0.3, -0.25) is 4.79 Å². The molecule has 0 fully saturated rings. The number of carboxylic acid groups (broad SMARTS) is 1. The lowest BCUT2D eigenvalue weighted by atomic mass is 10.1. The molecular formula is C16H23NO4. The molecule has 0 aliphatic heterocycles. The van der Waals surface area contributed by atoms with Crippen LogP contribution in [0.5, 0.6) is 5.75 Å². The van der Waals surface area contributed by atoms with Crippen LogP contribution in [-0.4, -0.2) is 29.6 Å². The van der Waals surface area contributed by atoms with E-state index in [1.807, 2.05) is 39.0 Å². The fourth-order valence-corrected chi connectivity index (χ4v) is 1.93. The third-order valence-electron chi connectivity index (χ3n) is 3.14. The van der Waals surface area contributed by atoms with E-state index < -0.39 is 12.0 Å². The van der Waals surface area contributed by atoms with Crippen molar-refractivity contribution in [3.63, 3.8) is 0 Å². The molecule has 0 aromatic heterocycles. The fourth-order valence-electron chi connectivity index (χ4n) is 1.93. The maximum atomic E-state index is 11.7. The maximum absolute atomic E-state index is 11.7. The maximum Gasteiger partial charge on any atom is 0.326 e. The predicted octanol–water partition coefficient (Wildman–Crippen LogP) is 2.44. The van der Waals surface area contributed by atoms with E-state index in [9.17, 15) is 9.59 Å². The zero-order valence-electron chi connectivity index (χ0n) is 12.8. The van der Waals surface area contributed by atoms with Crippen LogP contribution >= 0.6 is 0 Å². The molecule has 1 amide bonds. The van der Waals surface area contributed by atoms with Gasteiger partial charge in [0.2, 0.25) is 5.91 Å². The van der Waals surface area contributed by atoms with Crippen LogP contribution in [0.25, 0.3) is 0 Å². The van der Waals surface area contributed by atoms with Gasteiger partial charge < -0.3 is 15.2 Å². The molecule has 1 unspecified atom stereocenters. The highest BCUT2D eigenvalue weighted by Crippen LogP contribution is 2.19. The summed E-state index contributed by atoms with van der Waals surface area (Å²) < 4.78 is 5.58. The Labute approximate surface area is 125 Å². The SMILES string of the molecule is CCCC(NC(=O)CCOc1cc(C)ccc1C)C(=O)O. The van der Waals surface area contributed by atoms with Gasteiger partial charge in [-0.15, -0.1) is 0 Å². The first kappa shape index (κ1) is 17.0. The number of carboxylic acids is 1. The number of hydrogen-bond donors (Lipinski definition) is 2. The molecule has 0 aliphatic carbocycles. The standard InChI is InChI=1S/C16H23NO4/c1-4-5-13(16(19)20)17-15(18)8-9-21-14-10-11(2)6-7-12(14)3/h6-7,10,13H,4-5,8-9H2,1-3H3,(H,17,18)(H,19,20). The molecule has 0 aliphatic rings. The van der Waals surface area contributed by atoms with Crippen LogP contribution in [0.3, 0.4) is 0 Å². The molecule has 1 atom stereocenters. The summed E-state index contributed by atoms with van der Waals surface area (Å²) in [5.74, 6) is -0.548. The lowest BCUT2D eigenvalue weighted by Gasteiger charge is -2.14. The number of hydrogen-bond acceptors (Lipinski definition) is 3. The Morgan fingerprint density at radius 1 is 1.33 bits per heavy atom. The van der Waals surface area contributed by atoms with E-state index in [0.29, 0.717) is 12.8 Å². The van der Waals surface area contributed by atoms with Crippen molar-refractivity contribution in [2.24, 2.45) is 0 Å². The number of amides is 1. The molecule has 1 aromatic carbocycles. The molecule has 0 radical (unpaired) electrons. The first-order valence-electron chi connectivity index (χ1n) is 7.16. The Balaban J connectivity index is 2.42. The second-order valence-corrected chi connectivity index (χ2v) is 5.11. The quantitative estimate of drug-likeness (QED) is 0.772. The topological polar surface area (TPSA) is 75.6 Å². The Kier molecular flexibility index (Phi) is 6.72. The number of aryl methyl sites for hydroxylation is 2. The summed E-state index contributed by atoms with van der Waals surface area (Å²) in [6, 6.07) is 5.07. The molecule has 1 rings (SSSR count). The summed E-state index contributed by atoms with van der Waals surface area (Å²) in [6.45, 7) is 6.03. The minimum atomic E-state index is -0.999. The lowest BCUT2D eigenvalue weighted by Crippen LogP contribution is -2.41. The highest BCUT2D eigenvalue weighted by Gasteiger charge is 2.18. The minimum absolute atomic E-state index is 0.140. The molecule has 116 valence electrons. The molecule has 0 saturated heterocycles. The monoisotopic (exact) mass is 293 g/mol. The number of carbonyl (C=O) groups excluding carboxylic acids is 1. The highest BCUT2D eigenvalue weighted by atomic mass is 16.5. The van der Waals surface area contributed by atoms with Crippen LogP contribution in [0.1, 0.15) is 37.3 Å². The molecule has 21 heavy (non-hydrogen) atoms. The van der Waals surface area contributed by atoms with Crippen LogP contribution in [0.2, 0.25) is 0 Å². The van der Waals surface area contributed by atoms with Gasteiger partial charge >= 0.3 is 5.97 Å². The summed E-state index contributed by atoms with van der Waals surface area (Å²) >= 11 is 0. The molecule has 5 heteroatoms. The lowest BCUT2D eigenvalue weighted by molar-refractivity contribution is -0.142. The molecular weight excluding hydrogens is 270 g/mol. The Morgan fingerprint density at radius 3 is 2.67 bits per heavy atom. The number of rotatable bonds is 8. The molecule has 0 heterocycles. The van der Waals surface area contributed by atoms with Gasteiger partial charge in [0, 0.05) is 0 Å². The molecule has 0 saturated carbocycles. The van der Waals surface area contributed by atoms with Crippen molar-refractivity contribution < 1.29 is 19.4 Å². The van der Waals surface area contributed by atoms with Gasteiger partial charge in [0.25, 0.3) is 0 Å². The third-order valence-corrected chi connectivity index (χ3v) is 3.14. The third kappa shape index (κ3) is 5.85. The average Bonchev–Trinajstić information content (AvgIpc) is 2.42. The van der Waals surface area contributed by atoms with Gasteiger partial charge in [-0.1, -0.05) is 25.5 Å². The summed E-state index contributed by atoms with van der Waals surface area (Å²) in [6.07, 6.45) is 1.27. The van der Waals surface area contributed by atoms with Crippen LogP contribution in [0.15, 0.2) is 18.2 Å². The largest absolute Gasteiger partial charge is 0.493 e. The second-order valence-electron chi connectivity index (χ2n) is 5.11. The summed E-state index contributed by atoms with van der Waals surface area (Å²) in [5.41, 5.74) is 2.10. The van der Waals surface area contributed by atoms with Crippen LogP contribution < -0.4 is 10.1 Å². The van der Waals surface area contributed by atoms with Gasteiger partial charge in [-0.05, 0) is 37.5 Å². The summed E-state index contributed by atoms with van der Waals surface area (Å²) in [5, 5.41) is 11.5. The van der Waals surface area contributed by atoms with Gasteiger partial charge in [0.15, 0.2) is 0 Å². The van der Waals surface area contributed by atoms with Gasteiger partial charge in [0.1, 0.15) is 11.8 Å².